The van der Waals surface area contributed by atoms with Crippen LogP contribution < -0.4 is 0 Å². The van der Waals surface area contributed by atoms with Gasteiger partial charge in [0.15, 0.2) is 12.2 Å². The Balaban J connectivity index is 2.65. The van der Waals surface area contributed by atoms with Crippen LogP contribution in [0.3, 0.4) is 0 Å². The van der Waals surface area contributed by atoms with Crippen LogP contribution in [0.4, 0.5) is 0 Å². The Labute approximate surface area is 141 Å². The van der Waals surface area contributed by atoms with Crippen molar-refractivity contribution in [3.05, 3.63) is 0 Å². The molecule has 25 heavy (non-hydrogen) atoms. The fraction of sp³-hybridized carbons (Fsp3) is 0.846. The van der Waals surface area contributed by atoms with E-state index < -0.39 is 80.4 Å². The quantitative estimate of drug-likeness (QED) is 0.133. The average Bonchev–Trinajstić information content (AvgIpc) is 2.90. The molecule has 12 heteroatoms. The van der Waals surface area contributed by atoms with E-state index in [2.05, 4.69) is 4.74 Å². The minimum atomic E-state index is -2.06. The van der Waals surface area contributed by atoms with Crippen LogP contribution in [0.2, 0.25) is 0 Å². The van der Waals surface area contributed by atoms with Crippen molar-refractivity contribution < 1.29 is 59.9 Å². The summed E-state index contributed by atoms with van der Waals surface area (Å²) >= 11 is 0. The summed E-state index contributed by atoms with van der Waals surface area (Å²) in [7, 11) is 0. The minimum absolute atomic E-state index is 0.818. The summed E-state index contributed by atoms with van der Waals surface area (Å²) in [5.41, 5.74) is 0. The minimum Gasteiger partial charge on any atom is -0.450 e. The average molecular weight is 370 g/mol. The van der Waals surface area contributed by atoms with Crippen molar-refractivity contribution in [2.45, 2.75) is 48.8 Å². The lowest BCUT2D eigenvalue weighted by Crippen LogP contribution is -2.51. The molecule has 1 aliphatic heterocycles. The predicted molar refractivity (Wildman–Crippen MR) is 74.8 cm³/mol. The van der Waals surface area contributed by atoms with Crippen molar-refractivity contribution in [2.24, 2.45) is 0 Å². The first-order valence-corrected chi connectivity index (χ1v) is 7.32. The number of hydrogen-bond donors (Lipinski definition) is 8. The first kappa shape index (κ1) is 21.8. The molecule has 1 aliphatic rings. The van der Waals surface area contributed by atoms with E-state index in [1.165, 1.54) is 0 Å². The van der Waals surface area contributed by atoms with Crippen molar-refractivity contribution in [2.75, 3.05) is 19.8 Å². The maximum absolute atomic E-state index is 11.6. The number of aliphatic hydroxyl groups is 8. The lowest BCUT2D eigenvalue weighted by atomic mass is 9.99. The van der Waals surface area contributed by atoms with Gasteiger partial charge in [-0.05, 0) is 0 Å². The molecular weight excluding hydrogens is 348 g/mol. The highest BCUT2D eigenvalue weighted by Gasteiger charge is 2.48. The van der Waals surface area contributed by atoms with Gasteiger partial charge in [-0.25, -0.2) is 4.79 Å². The van der Waals surface area contributed by atoms with Crippen molar-refractivity contribution in [1.29, 1.82) is 0 Å². The third-order valence-electron chi connectivity index (χ3n) is 3.69. The van der Waals surface area contributed by atoms with E-state index in [0.717, 1.165) is 0 Å². The number of Topliss-reactive ketones (excluding diaryl/α,β-unsaturated/α-hetero) is 1. The molecule has 0 aromatic rings. The molecule has 0 aromatic heterocycles. The largest absolute Gasteiger partial charge is 0.450 e. The molecule has 8 N–H and O–H groups in total. The second-order valence-electron chi connectivity index (χ2n) is 5.53. The van der Waals surface area contributed by atoms with Gasteiger partial charge in [0.1, 0.15) is 36.6 Å². The molecule has 12 nitrogen and oxygen atoms in total. The summed E-state index contributed by atoms with van der Waals surface area (Å²) in [4.78, 5) is 22.8. The van der Waals surface area contributed by atoms with Gasteiger partial charge in [0.25, 0.3) is 5.78 Å². The number of carbonyl (C=O) groups excluding carboxylic acids is 2. The van der Waals surface area contributed by atoms with Crippen molar-refractivity contribution in [1.82, 2.24) is 0 Å². The molecule has 146 valence electrons. The third-order valence-corrected chi connectivity index (χ3v) is 3.69. The standard InChI is InChI=1S/C13H22O12/c14-1-4(16)7(19)9(21)8(20)6(18)3-24-12-10(22)13(23)25-11(12)5(17)2-15/h4-9,11-12,14-21H,1-3H2/t4-,5-,6+,7+,8+,9+,11+,12?/m0/s1. The molecule has 0 aromatic carbocycles. The second-order valence-corrected chi connectivity index (χ2v) is 5.53. The molecular formula is C13H22O12. The number of rotatable bonds is 10. The predicted octanol–water partition coefficient (Wildman–Crippen LogP) is -5.98. The maximum Gasteiger partial charge on any atom is 0.378 e. The van der Waals surface area contributed by atoms with Crippen LogP contribution in [0, 0.1) is 0 Å². The molecule has 1 fully saturated rings. The van der Waals surface area contributed by atoms with Crippen LogP contribution in [0.15, 0.2) is 0 Å². The molecule has 1 unspecified atom stereocenters. The van der Waals surface area contributed by atoms with E-state index in [9.17, 15) is 40.2 Å². The SMILES string of the molecule is O=C1O[C@H]([C@@H](O)CO)C(OC[C@@H](O)[C@@H](O)[C@H](O)[C@H](O)[C@@H](O)CO)C1=O. The molecule has 0 spiro atoms. The number of esters is 1. The Morgan fingerprint density at radius 1 is 0.880 bits per heavy atom. The molecule has 8 atom stereocenters. The number of ether oxygens (including phenoxy) is 2. The lowest BCUT2D eigenvalue weighted by molar-refractivity contribution is -0.161. The van der Waals surface area contributed by atoms with Crippen LogP contribution in [0.25, 0.3) is 0 Å². The van der Waals surface area contributed by atoms with Gasteiger partial charge in [0.05, 0.1) is 19.8 Å². The number of hydrogen-bond acceptors (Lipinski definition) is 12. The Morgan fingerprint density at radius 3 is 1.96 bits per heavy atom. The Morgan fingerprint density at radius 2 is 1.44 bits per heavy atom. The van der Waals surface area contributed by atoms with Crippen molar-refractivity contribution >= 4 is 11.8 Å². The second kappa shape index (κ2) is 9.47. The topological polar surface area (TPSA) is 214 Å². The number of cyclic esters (lactones) is 1. The summed E-state index contributed by atoms with van der Waals surface area (Å²) in [5, 5.41) is 74.7. The van der Waals surface area contributed by atoms with Crippen LogP contribution in [0.5, 0.6) is 0 Å². The van der Waals surface area contributed by atoms with Gasteiger partial charge in [-0.3, -0.25) is 4.79 Å². The van der Waals surface area contributed by atoms with Gasteiger partial charge in [0.2, 0.25) is 0 Å². The molecule has 0 saturated carbocycles. The fourth-order valence-electron chi connectivity index (χ4n) is 2.13. The molecule has 0 amide bonds. The Bertz CT molecular complexity index is 456. The first-order chi connectivity index (χ1) is 11.6. The fourth-order valence-corrected chi connectivity index (χ4v) is 2.13. The Kier molecular flexibility index (Phi) is 8.27. The maximum atomic E-state index is 11.6. The number of aliphatic hydroxyl groups excluding tert-OH is 8. The highest BCUT2D eigenvalue weighted by atomic mass is 16.6. The van der Waals surface area contributed by atoms with E-state index in [1.807, 2.05) is 0 Å². The van der Waals surface area contributed by atoms with Gasteiger partial charge in [0, 0.05) is 0 Å². The van der Waals surface area contributed by atoms with Crippen LogP contribution in [0.1, 0.15) is 0 Å². The van der Waals surface area contributed by atoms with E-state index in [-0.39, 0.29) is 0 Å². The molecule has 1 heterocycles. The van der Waals surface area contributed by atoms with Crippen LogP contribution in [-0.2, 0) is 19.1 Å². The zero-order chi connectivity index (χ0) is 19.3. The normalized spacial score (nSPS) is 28.2. The summed E-state index contributed by atoms with van der Waals surface area (Å²) in [6, 6.07) is 0. The van der Waals surface area contributed by atoms with Crippen molar-refractivity contribution in [3.8, 4) is 0 Å². The van der Waals surface area contributed by atoms with E-state index >= 15 is 0 Å². The molecule has 1 rings (SSSR count). The van der Waals surface area contributed by atoms with E-state index in [1.54, 1.807) is 0 Å². The molecule has 0 aliphatic carbocycles. The Hall–Kier alpha value is -1.22. The van der Waals surface area contributed by atoms with Gasteiger partial charge < -0.3 is 50.3 Å². The first-order valence-electron chi connectivity index (χ1n) is 7.32. The monoisotopic (exact) mass is 370 g/mol. The summed E-state index contributed by atoms with van der Waals surface area (Å²) < 4.78 is 9.49. The van der Waals surface area contributed by atoms with Gasteiger partial charge >= 0.3 is 5.97 Å². The van der Waals surface area contributed by atoms with E-state index in [4.69, 9.17) is 14.9 Å². The van der Waals surface area contributed by atoms with Gasteiger partial charge in [-0.1, -0.05) is 0 Å². The molecule has 0 radical (unpaired) electrons. The zero-order valence-electron chi connectivity index (χ0n) is 13.0. The smallest absolute Gasteiger partial charge is 0.378 e. The highest BCUT2D eigenvalue weighted by molar-refractivity contribution is 6.37. The number of ketones is 1. The zero-order valence-corrected chi connectivity index (χ0v) is 13.0. The van der Waals surface area contributed by atoms with E-state index in [0.29, 0.717) is 0 Å². The third kappa shape index (κ3) is 5.13. The molecule has 0 bridgehead atoms. The van der Waals surface area contributed by atoms with Crippen molar-refractivity contribution in [3.63, 3.8) is 0 Å². The summed E-state index contributed by atoms with van der Waals surface area (Å²) in [5.74, 6) is -2.48. The lowest BCUT2D eigenvalue weighted by Gasteiger charge is -2.29. The van der Waals surface area contributed by atoms with Crippen LogP contribution in [-0.4, -0.2) is 121 Å². The molecule has 1 saturated heterocycles. The van der Waals surface area contributed by atoms with Crippen LogP contribution >= 0.6 is 0 Å². The summed E-state index contributed by atoms with van der Waals surface area (Å²) in [6.07, 6.45) is -14.5. The summed E-state index contributed by atoms with van der Waals surface area (Å²) in [6.45, 7) is -2.56. The highest BCUT2D eigenvalue weighted by Crippen LogP contribution is 2.20. The number of carbonyl (C=O) groups is 2. The van der Waals surface area contributed by atoms with Gasteiger partial charge in [-0.2, -0.15) is 0 Å². The van der Waals surface area contributed by atoms with Gasteiger partial charge in [-0.15, -0.1) is 0 Å².